The van der Waals surface area contributed by atoms with Crippen molar-refractivity contribution in [2.75, 3.05) is 26.4 Å². The minimum absolute atomic E-state index is 0.0174. The van der Waals surface area contributed by atoms with Gasteiger partial charge in [0.1, 0.15) is 19.3 Å². The molecule has 0 spiro atoms. The van der Waals surface area contributed by atoms with E-state index in [1.807, 2.05) is 36.4 Å². The van der Waals surface area contributed by atoms with Crippen LogP contribution >= 0.6 is 0 Å². The Hall–Kier alpha value is -3.39. The van der Waals surface area contributed by atoms with Gasteiger partial charge in [-0.25, -0.2) is 9.59 Å². The lowest BCUT2D eigenvalue weighted by Crippen LogP contribution is -2.45. The largest absolute Gasteiger partial charge is 0.480 e. The molecule has 0 radical (unpaired) electrons. The van der Waals surface area contributed by atoms with Crippen LogP contribution in [0.15, 0.2) is 48.5 Å². The van der Waals surface area contributed by atoms with E-state index in [2.05, 4.69) is 22.8 Å². The van der Waals surface area contributed by atoms with Gasteiger partial charge in [-0.2, -0.15) is 0 Å². The summed E-state index contributed by atoms with van der Waals surface area (Å²) in [5.41, 5.74) is 4.59. The number of ether oxygens (including phenoxy) is 2. The average Bonchev–Trinajstić information content (AvgIpc) is 3.09. The molecule has 2 aromatic rings. The molecule has 0 bridgehead atoms. The fourth-order valence-electron chi connectivity index (χ4n) is 3.77. The number of carboxylic acid groups (broad SMARTS) is 1. The Morgan fingerprint density at radius 2 is 1.59 bits per heavy atom. The lowest BCUT2D eigenvalue weighted by molar-refractivity contribution is -0.143. The number of carbonyl (C=O) groups excluding carboxylic acids is 2. The van der Waals surface area contributed by atoms with Crippen LogP contribution in [0.1, 0.15) is 30.9 Å². The summed E-state index contributed by atoms with van der Waals surface area (Å²) in [4.78, 5) is 35.0. The zero-order valence-electron chi connectivity index (χ0n) is 18.2. The lowest BCUT2D eigenvalue weighted by Gasteiger charge is -2.17. The minimum atomic E-state index is -1.09. The van der Waals surface area contributed by atoms with Gasteiger partial charge in [-0.15, -0.1) is 0 Å². The van der Waals surface area contributed by atoms with Crippen LogP contribution in [-0.2, 0) is 19.1 Å². The molecule has 3 N–H and O–H groups in total. The molecule has 0 aromatic heterocycles. The molecule has 3 rings (SSSR count). The van der Waals surface area contributed by atoms with E-state index < -0.39 is 24.0 Å². The van der Waals surface area contributed by atoms with Crippen molar-refractivity contribution in [3.05, 3.63) is 59.7 Å². The van der Waals surface area contributed by atoms with Crippen LogP contribution in [0, 0.1) is 5.92 Å². The van der Waals surface area contributed by atoms with Crippen molar-refractivity contribution in [2.45, 2.75) is 25.8 Å². The highest BCUT2D eigenvalue weighted by atomic mass is 16.5. The summed E-state index contributed by atoms with van der Waals surface area (Å²) in [6.07, 6.45) is -0.564. The number of hydrogen-bond donors (Lipinski definition) is 3. The first-order valence-electron chi connectivity index (χ1n) is 10.6. The molecule has 0 unspecified atom stereocenters. The molecule has 0 fully saturated rings. The zero-order chi connectivity index (χ0) is 23.1. The Bertz CT molecular complexity index is 929. The first-order chi connectivity index (χ1) is 15.4. The van der Waals surface area contributed by atoms with E-state index in [1.165, 1.54) is 0 Å². The van der Waals surface area contributed by atoms with E-state index in [4.69, 9.17) is 14.6 Å². The molecular weight excluding hydrogens is 412 g/mol. The molecule has 8 heteroatoms. The van der Waals surface area contributed by atoms with Gasteiger partial charge < -0.3 is 25.2 Å². The molecule has 2 aromatic carbocycles. The molecule has 170 valence electrons. The molecule has 0 saturated heterocycles. The van der Waals surface area contributed by atoms with Crippen molar-refractivity contribution in [3.8, 4) is 11.1 Å². The Morgan fingerprint density at radius 1 is 1.00 bits per heavy atom. The van der Waals surface area contributed by atoms with Crippen molar-refractivity contribution in [2.24, 2.45) is 5.92 Å². The van der Waals surface area contributed by atoms with E-state index in [-0.39, 0.29) is 38.2 Å². The van der Waals surface area contributed by atoms with Gasteiger partial charge in [0, 0.05) is 12.5 Å². The zero-order valence-corrected chi connectivity index (χ0v) is 18.2. The monoisotopic (exact) mass is 440 g/mol. The summed E-state index contributed by atoms with van der Waals surface area (Å²) in [7, 11) is 0. The third-order valence-electron chi connectivity index (χ3n) is 5.34. The number of carbonyl (C=O) groups is 3. The molecule has 1 aliphatic rings. The molecule has 0 heterocycles. The summed E-state index contributed by atoms with van der Waals surface area (Å²) in [6.45, 7) is 3.60. The SMILES string of the molecule is CC(C)[C@H](NC(=O)COCCNC(=O)OCC1c2ccccc2-c2ccccc21)C(=O)O. The summed E-state index contributed by atoms with van der Waals surface area (Å²) >= 11 is 0. The van der Waals surface area contributed by atoms with Gasteiger partial charge in [0.15, 0.2) is 0 Å². The summed E-state index contributed by atoms with van der Waals surface area (Å²) in [5.74, 6) is -1.87. The maximum absolute atomic E-state index is 12.1. The van der Waals surface area contributed by atoms with Crippen LogP contribution in [0.5, 0.6) is 0 Å². The average molecular weight is 440 g/mol. The van der Waals surface area contributed by atoms with Crippen LogP contribution in [0.3, 0.4) is 0 Å². The second kappa shape index (κ2) is 10.8. The van der Waals surface area contributed by atoms with E-state index in [9.17, 15) is 14.4 Å². The topological polar surface area (TPSA) is 114 Å². The third kappa shape index (κ3) is 5.64. The van der Waals surface area contributed by atoms with Gasteiger partial charge in [0.2, 0.25) is 5.91 Å². The van der Waals surface area contributed by atoms with E-state index in [1.54, 1.807) is 13.8 Å². The van der Waals surface area contributed by atoms with Gasteiger partial charge in [-0.05, 0) is 28.2 Å². The van der Waals surface area contributed by atoms with Crippen LogP contribution in [-0.4, -0.2) is 55.5 Å². The Morgan fingerprint density at radius 3 is 2.16 bits per heavy atom. The van der Waals surface area contributed by atoms with Crippen LogP contribution in [0.25, 0.3) is 11.1 Å². The molecular formula is C24H28N2O6. The number of alkyl carbamates (subject to hydrolysis) is 1. The first-order valence-corrected chi connectivity index (χ1v) is 10.6. The maximum atomic E-state index is 12.1. The normalized spacial score (nSPS) is 13.2. The lowest BCUT2D eigenvalue weighted by atomic mass is 9.98. The van der Waals surface area contributed by atoms with Crippen molar-refractivity contribution < 1.29 is 29.0 Å². The maximum Gasteiger partial charge on any atom is 0.407 e. The summed E-state index contributed by atoms with van der Waals surface area (Å²) < 4.78 is 10.6. The highest BCUT2D eigenvalue weighted by molar-refractivity contribution is 5.84. The smallest absolute Gasteiger partial charge is 0.407 e. The molecule has 1 aliphatic carbocycles. The quantitative estimate of drug-likeness (QED) is 0.490. The number of benzene rings is 2. The number of hydrogen-bond acceptors (Lipinski definition) is 5. The predicted molar refractivity (Wildman–Crippen MR) is 118 cm³/mol. The van der Waals surface area contributed by atoms with Crippen LogP contribution in [0.2, 0.25) is 0 Å². The summed E-state index contributed by atoms with van der Waals surface area (Å²) in [6, 6.07) is 15.2. The van der Waals surface area contributed by atoms with Crippen molar-refractivity contribution in [1.29, 1.82) is 0 Å². The van der Waals surface area contributed by atoms with Gasteiger partial charge in [0.05, 0.1) is 6.61 Å². The highest BCUT2D eigenvalue weighted by Crippen LogP contribution is 2.44. The van der Waals surface area contributed by atoms with Crippen molar-refractivity contribution in [3.63, 3.8) is 0 Å². The number of amides is 2. The fraction of sp³-hybridized carbons (Fsp3) is 0.375. The second-order valence-electron chi connectivity index (χ2n) is 7.93. The first kappa shape index (κ1) is 23.3. The van der Waals surface area contributed by atoms with Crippen molar-refractivity contribution >= 4 is 18.0 Å². The van der Waals surface area contributed by atoms with Gasteiger partial charge in [-0.1, -0.05) is 62.4 Å². The Balaban J connectivity index is 1.38. The Labute approximate surface area is 186 Å². The van der Waals surface area contributed by atoms with E-state index >= 15 is 0 Å². The summed E-state index contributed by atoms with van der Waals surface area (Å²) in [5, 5.41) is 14.1. The van der Waals surface area contributed by atoms with Crippen LogP contribution < -0.4 is 10.6 Å². The predicted octanol–water partition coefficient (Wildman–Crippen LogP) is 2.77. The second-order valence-corrected chi connectivity index (χ2v) is 7.93. The molecule has 8 nitrogen and oxygen atoms in total. The number of nitrogens with one attached hydrogen (secondary N) is 2. The van der Waals surface area contributed by atoms with Gasteiger partial charge in [-0.3, -0.25) is 4.79 Å². The minimum Gasteiger partial charge on any atom is -0.480 e. The number of rotatable bonds is 10. The molecule has 0 saturated carbocycles. The van der Waals surface area contributed by atoms with Crippen LogP contribution in [0.4, 0.5) is 4.79 Å². The molecule has 0 aliphatic heterocycles. The number of aliphatic carboxylic acids is 1. The van der Waals surface area contributed by atoms with Gasteiger partial charge in [0.25, 0.3) is 0 Å². The highest BCUT2D eigenvalue weighted by Gasteiger charge is 2.29. The third-order valence-corrected chi connectivity index (χ3v) is 5.34. The van der Waals surface area contributed by atoms with Gasteiger partial charge >= 0.3 is 12.1 Å². The fourth-order valence-corrected chi connectivity index (χ4v) is 3.77. The van der Waals surface area contributed by atoms with Crippen molar-refractivity contribution in [1.82, 2.24) is 10.6 Å². The van der Waals surface area contributed by atoms with E-state index in [0.717, 1.165) is 22.3 Å². The number of fused-ring (bicyclic) bond motifs is 3. The Kier molecular flexibility index (Phi) is 7.83. The number of carboxylic acids is 1. The molecule has 2 amide bonds. The standard InChI is InChI=1S/C24H28N2O6/c1-15(2)22(23(28)29)26-21(27)14-31-12-11-25-24(30)32-13-20-18-9-5-3-7-16(18)17-8-4-6-10-19(17)20/h3-10,15,20,22H,11-14H2,1-2H3,(H,25,30)(H,26,27)(H,28,29)/t22-/m0/s1. The van der Waals surface area contributed by atoms with E-state index in [0.29, 0.717) is 0 Å². The molecule has 32 heavy (non-hydrogen) atoms. The molecule has 1 atom stereocenters.